The Balaban J connectivity index is 2.73. The summed E-state index contributed by atoms with van der Waals surface area (Å²) in [6.07, 6.45) is 3.07. The van der Waals surface area contributed by atoms with E-state index in [0.29, 0.717) is 0 Å². The van der Waals surface area contributed by atoms with Crippen molar-refractivity contribution in [1.29, 1.82) is 0 Å². The minimum Gasteiger partial charge on any atom is -0.374 e. The lowest BCUT2D eigenvalue weighted by atomic mass is 9.87. The van der Waals surface area contributed by atoms with Crippen molar-refractivity contribution in [2.75, 3.05) is 18.5 Å². The summed E-state index contributed by atoms with van der Waals surface area (Å²) in [7, 11) is 2.04. The van der Waals surface area contributed by atoms with Crippen LogP contribution >= 0.6 is 0 Å². The van der Waals surface area contributed by atoms with Crippen LogP contribution in [0.1, 0.15) is 32.3 Å². The van der Waals surface area contributed by atoms with E-state index in [-0.39, 0.29) is 5.41 Å². The summed E-state index contributed by atoms with van der Waals surface area (Å²) >= 11 is 0. The molecule has 0 bridgehead atoms. The molecule has 17 heavy (non-hydrogen) atoms. The second-order valence-electron chi connectivity index (χ2n) is 5.21. The molecule has 1 rings (SSSR count). The Morgan fingerprint density at radius 2 is 1.88 bits per heavy atom. The molecule has 0 saturated heterocycles. The molecule has 0 radical (unpaired) electrons. The van der Waals surface area contributed by atoms with Gasteiger partial charge in [0, 0.05) is 24.7 Å². The average Bonchev–Trinajstić information content (AvgIpc) is 2.30. The molecule has 2 nitrogen and oxygen atoms in total. The van der Waals surface area contributed by atoms with Crippen molar-refractivity contribution >= 4 is 12.0 Å². The molecule has 0 aliphatic carbocycles. The van der Waals surface area contributed by atoms with Crippen LogP contribution in [-0.4, -0.2) is 19.9 Å². The number of carbonyl (C=O) groups excluding carboxylic acids is 1. The molecule has 2 heteroatoms. The standard InChI is InChI=1S/C15H23NO/c1-5-10-15(3,12-17)11-16(4)14-8-6-13(2)7-9-14/h6-9,12H,5,10-11H2,1-4H3. The van der Waals surface area contributed by atoms with Crippen LogP contribution in [0.3, 0.4) is 0 Å². The van der Waals surface area contributed by atoms with Gasteiger partial charge in [-0.15, -0.1) is 0 Å². The molecular formula is C15H23NO. The highest BCUT2D eigenvalue weighted by Gasteiger charge is 2.24. The number of rotatable bonds is 6. The van der Waals surface area contributed by atoms with E-state index in [1.54, 1.807) is 0 Å². The van der Waals surface area contributed by atoms with E-state index in [2.05, 4.69) is 43.0 Å². The second kappa shape index (κ2) is 5.85. The van der Waals surface area contributed by atoms with Gasteiger partial charge in [-0.3, -0.25) is 0 Å². The Morgan fingerprint density at radius 3 is 2.35 bits per heavy atom. The third-order valence-corrected chi connectivity index (χ3v) is 3.18. The van der Waals surface area contributed by atoms with Gasteiger partial charge in [-0.1, -0.05) is 38.0 Å². The molecule has 0 N–H and O–H groups in total. The van der Waals surface area contributed by atoms with E-state index in [1.165, 1.54) is 11.3 Å². The smallest absolute Gasteiger partial charge is 0.127 e. The van der Waals surface area contributed by atoms with Crippen LogP contribution in [-0.2, 0) is 4.79 Å². The van der Waals surface area contributed by atoms with Crippen LogP contribution in [0.4, 0.5) is 5.69 Å². The molecule has 1 unspecified atom stereocenters. The molecule has 94 valence electrons. The van der Waals surface area contributed by atoms with Crippen molar-refractivity contribution in [3.05, 3.63) is 29.8 Å². The molecule has 0 aromatic heterocycles. The fraction of sp³-hybridized carbons (Fsp3) is 0.533. The van der Waals surface area contributed by atoms with Gasteiger partial charge in [0.2, 0.25) is 0 Å². The van der Waals surface area contributed by atoms with Crippen molar-refractivity contribution < 1.29 is 4.79 Å². The largest absolute Gasteiger partial charge is 0.374 e. The summed E-state index contributed by atoms with van der Waals surface area (Å²) < 4.78 is 0. The fourth-order valence-electron chi connectivity index (χ4n) is 2.18. The van der Waals surface area contributed by atoms with Gasteiger partial charge >= 0.3 is 0 Å². The van der Waals surface area contributed by atoms with Gasteiger partial charge in [-0.25, -0.2) is 0 Å². The summed E-state index contributed by atoms with van der Waals surface area (Å²) in [4.78, 5) is 13.4. The van der Waals surface area contributed by atoms with Gasteiger partial charge in [0.15, 0.2) is 0 Å². The number of hydrogen-bond acceptors (Lipinski definition) is 2. The van der Waals surface area contributed by atoms with Crippen LogP contribution < -0.4 is 4.90 Å². The van der Waals surface area contributed by atoms with Crippen LogP contribution in [0.25, 0.3) is 0 Å². The molecule has 0 heterocycles. The third-order valence-electron chi connectivity index (χ3n) is 3.18. The first-order valence-electron chi connectivity index (χ1n) is 6.25. The van der Waals surface area contributed by atoms with Gasteiger partial charge < -0.3 is 9.69 Å². The lowest BCUT2D eigenvalue weighted by molar-refractivity contribution is -0.115. The van der Waals surface area contributed by atoms with Crippen LogP contribution in [0.2, 0.25) is 0 Å². The molecule has 0 spiro atoms. The number of hydrogen-bond donors (Lipinski definition) is 0. The predicted molar refractivity (Wildman–Crippen MR) is 73.5 cm³/mol. The molecule has 0 amide bonds. The molecule has 0 fully saturated rings. The number of nitrogens with zero attached hydrogens (tertiary/aromatic N) is 1. The fourth-order valence-corrected chi connectivity index (χ4v) is 2.18. The van der Waals surface area contributed by atoms with Gasteiger partial charge in [0.25, 0.3) is 0 Å². The first-order chi connectivity index (χ1) is 8.00. The highest BCUT2D eigenvalue weighted by molar-refractivity contribution is 5.61. The maximum Gasteiger partial charge on any atom is 0.127 e. The van der Waals surface area contributed by atoms with Crippen molar-refractivity contribution in [2.24, 2.45) is 5.41 Å². The summed E-state index contributed by atoms with van der Waals surface area (Å²) in [6, 6.07) is 8.41. The third kappa shape index (κ3) is 3.88. The van der Waals surface area contributed by atoms with Gasteiger partial charge in [0.05, 0.1) is 0 Å². The minimum absolute atomic E-state index is 0.242. The van der Waals surface area contributed by atoms with Crippen molar-refractivity contribution in [3.63, 3.8) is 0 Å². The highest BCUT2D eigenvalue weighted by atomic mass is 16.1. The SMILES string of the molecule is CCCC(C)(C=O)CN(C)c1ccc(C)cc1. The van der Waals surface area contributed by atoms with Crippen molar-refractivity contribution in [2.45, 2.75) is 33.6 Å². The lowest BCUT2D eigenvalue weighted by Gasteiger charge is -2.30. The minimum atomic E-state index is -0.242. The summed E-state index contributed by atoms with van der Waals surface area (Å²) in [5, 5.41) is 0. The summed E-state index contributed by atoms with van der Waals surface area (Å²) in [6.45, 7) is 7.01. The Hall–Kier alpha value is -1.31. The maximum absolute atomic E-state index is 11.2. The van der Waals surface area contributed by atoms with E-state index in [0.717, 1.165) is 25.7 Å². The number of aryl methyl sites for hydroxylation is 1. The highest BCUT2D eigenvalue weighted by Crippen LogP contribution is 2.24. The quantitative estimate of drug-likeness (QED) is 0.702. The number of aldehydes is 1. The van der Waals surface area contributed by atoms with E-state index < -0.39 is 0 Å². The molecule has 1 atom stereocenters. The Morgan fingerprint density at radius 1 is 1.29 bits per heavy atom. The van der Waals surface area contributed by atoms with Crippen molar-refractivity contribution in [1.82, 2.24) is 0 Å². The zero-order valence-corrected chi connectivity index (χ0v) is 11.4. The van der Waals surface area contributed by atoms with Gasteiger partial charge in [-0.05, 0) is 25.5 Å². The average molecular weight is 233 g/mol. The van der Waals surface area contributed by atoms with E-state index in [9.17, 15) is 4.79 Å². The van der Waals surface area contributed by atoms with Crippen molar-refractivity contribution in [3.8, 4) is 0 Å². The number of anilines is 1. The first kappa shape index (κ1) is 13.8. The Bertz CT molecular complexity index is 358. The first-order valence-corrected chi connectivity index (χ1v) is 6.25. The van der Waals surface area contributed by atoms with E-state index in [1.807, 2.05) is 14.0 Å². The van der Waals surface area contributed by atoms with Crippen LogP contribution in [0, 0.1) is 12.3 Å². The van der Waals surface area contributed by atoms with E-state index in [4.69, 9.17) is 0 Å². The van der Waals surface area contributed by atoms with Crippen LogP contribution in [0.15, 0.2) is 24.3 Å². The molecule has 1 aromatic carbocycles. The summed E-state index contributed by atoms with van der Waals surface area (Å²) in [5.41, 5.74) is 2.18. The molecular weight excluding hydrogens is 210 g/mol. The monoisotopic (exact) mass is 233 g/mol. The Kier molecular flexibility index (Phi) is 4.73. The lowest BCUT2D eigenvalue weighted by Crippen LogP contribution is -2.34. The van der Waals surface area contributed by atoms with Gasteiger partial charge in [0.1, 0.15) is 6.29 Å². The zero-order valence-electron chi connectivity index (χ0n) is 11.4. The molecule has 0 saturated carbocycles. The number of carbonyl (C=O) groups is 1. The van der Waals surface area contributed by atoms with Crippen LogP contribution in [0.5, 0.6) is 0 Å². The predicted octanol–water partition coefficient (Wildman–Crippen LogP) is 3.44. The zero-order chi connectivity index (χ0) is 12.9. The molecule has 0 aliphatic heterocycles. The van der Waals surface area contributed by atoms with E-state index >= 15 is 0 Å². The van der Waals surface area contributed by atoms with Gasteiger partial charge in [-0.2, -0.15) is 0 Å². The number of benzene rings is 1. The summed E-state index contributed by atoms with van der Waals surface area (Å²) in [5.74, 6) is 0. The normalized spacial score (nSPS) is 14.1. The Labute approximate surface area is 105 Å². The molecule has 1 aromatic rings. The molecule has 0 aliphatic rings. The maximum atomic E-state index is 11.2. The topological polar surface area (TPSA) is 20.3 Å². The second-order valence-corrected chi connectivity index (χ2v) is 5.21.